The maximum atomic E-state index is 12.2. The predicted octanol–water partition coefficient (Wildman–Crippen LogP) is 4.07. The number of hydrogen-bond acceptors (Lipinski definition) is 3. The molecule has 1 heterocycles. The number of nitrogens with two attached hydrogens (primary N) is 1. The van der Waals surface area contributed by atoms with Crippen molar-refractivity contribution in [2.45, 2.75) is 60.0 Å². The fourth-order valence-corrected chi connectivity index (χ4v) is 3.00. The highest BCUT2D eigenvalue weighted by molar-refractivity contribution is 5.92. The summed E-state index contributed by atoms with van der Waals surface area (Å²) < 4.78 is 5.46. The Hall–Kier alpha value is -2.24. The van der Waals surface area contributed by atoms with E-state index in [4.69, 9.17) is 10.5 Å². The lowest BCUT2D eigenvalue weighted by Crippen LogP contribution is -2.45. The molecule has 6 heteroatoms. The largest absolute Gasteiger partial charge is 0.444 e. The Morgan fingerprint density at radius 3 is 2.44 bits per heavy atom. The Balaban J connectivity index is 1.87. The molecule has 6 nitrogen and oxygen atoms in total. The third kappa shape index (κ3) is 6.45. The first kappa shape index (κ1) is 21.1. The van der Waals surface area contributed by atoms with Gasteiger partial charge in [-0.05, 0) is 76.1 Å². The molecule has 150 valence electrons. The van der Waals surface area contributed by atoms with Crippen LogP contribution in [0.15, 0.2) is 23.2 Å². The number of carbonyl (C=O) groups excluding carboxylic acids is 1. The van der Waals surface area contributed by atoms with Gasteiger partial charge >= 0.3 is 6.09 Å². The van der Waals surface area contributed by atoms with Crippen LogP contribution in [-0.4, -0.2) is 42.2 Å². The van der Waals surface area contributed by atoms with Gasteiger partial charge in [0.05, 0.1) is 0 Å². The number of aliphatic imine (C=N–C) groups is 1. The maximum Gasteiger partial charge on any atom is 0.410 e. The number of nitrogens with zero attached hydrogens (tertiary/aromatic N) is 2. The second kappa shape index (κ2) is 8.19. The number of ether oxygens (including phenoxy) is 1. The number of likely N-dealkylation sites (tertiary alicyclic amines) is 1. The lowest BCUT2D eigenvalue weighted by Gasteiger charge is -2.38. The highest BCUT2D eigenvalue weighted by Gasteiger charge is 2.33. The summed E-state index contributed by atoms with van der Waals surface area (Å²) in [6, 6.07) is 6.14. The number of anilines is 1. The molecule has 1 aromatic carbocycles. The highest BCUT2D eigenvalue weighted by atomic mass is 16.6. The van der Waals surface area contributed by atoms with Crippen molar-refractivity contribution in [3.63, 3.8) is 0 Å². The number of nitrogens with one attached hydrogen (secondary N) is 1. The van der Waals surface area contributed by atoms with Crippen molar-refractivity contribution in [1.29, 1.82) is 0 Å². The molecule has 0 aliphatic carbocycles. The number of amides is 1. The fraction of sp³-hybridized carbons (Fsp3) is 0.619. The van der Waals surface area contributed by atoms with Gasteiger partial charge in [-0.3, -0.25) is 4.99 Å². The smallest absolute Gasteiger partial charge is 0.410 e. The third-order valence-electron chi connectivity index (χ3n) is 5.03. The molecule has 0 aromatic heterocycles. The van der Waals surface area contributed by atoms with Crippen molar-refractivity contribution in [2.24, 2.45) is 16.1 Å². The topological polar surface area (TPSA) is 80.0 Å². The monoisotopic (exact) mass is 374 g/mol. The second-order valence-corrected chi connectivity index (χ2v) is 8.90. The predicted molar refractivity (Wildman–Crippen MR) is 111 cm³/mol. The molecular formula is C21H34N4O2. The molecule has 0 spiro atoms. The highest BCUT2D eigenvalue weighted by Crippen LogP contribution is 2.31. The van der Waals surface area contributed by atoms with Gasteiger partial charge in [-0.25, -0.2) is 4.79 Å². The first-order valence-electron chi connectivity index (χ1n) is 9.60. The quantitative estimate of drug-likeness (QED) is 0.617. The molecule has 0 unspecified atom stereocenters. The summed E-state index contributed by atoms with van der Waals surface area (Å²) in [4.78, 5) is 18.5. The van der Waals surface area contributed by atoms with Crippen molar-refractivity contribution < 1.29 is 9.53 Å². The van der Waals surface area contributed by atoms with Gasteiger partial charge in [0.25, 0.3) is 0 Å². The molecule has 0 atom stereocenters. The minimum absolute atomic E-state index is 0.0357. The van der Waals surface area contributed by atoms with Crippen LogP contribution in [-0.2, 0) is 4.74 Å². The molecule has 1 saturated heterocycles. The zero-order valence-electron chi connectivity index (χ0n) is 17.6. The molecule has 2 rings (SSSR count). The summed E-state index contributed by atoms with van der Waals surface area (Å²) in [5, 5.41) is 3.16. The van der Waals surface area contributed by atoms with Crippen LogP contribution in [0.4, 0.5) is 10.5 Å². The van der Waals surface area contributed by atoms with E-state index in [1.807, 2.05) is 26.8 Å². The van der Waals surface area contributed by atoms with E-state index in [-0.39, 0.29) is 11.5 Å². The second-order valence-electron chi connectivity index (χ2n) is 8.90. The number of carbonyl (C=O) groups is 1. The number of rotatable bonds is 3. The van der Waals surface area contributed by atoms with Gasteiger partial charge in [0.2, 0.25) is 0 Å². The molecule has 27 heavy (non-hydrogen) atoms. The molecule has 0 saturated carbocycles. The van der Waals surface area contributed by atoms with Crippen molar-refractivity contribution in [3.05, 3.63) is 29.3 Å². The zero-order chi connectivity index (χ0) is 20.2. The Bertz CT molecular complexity index is 699. The van der Waals surface area contributed by atoms with E-state index < -0.39 is 5.60 Å². The van der Waals surface area contributed by atoms with E-state index in [1.54, 1.807) is 4.90 Å². The van der Waals surface area contributed by atoms with Gasteiger partial charge < -0.3 is 20.7 Å². The first-order valence-corrected chi connectivity index (χ1v) is 9.60. The Labute approximate surface area is 163 Å². The van der Waals surface area contributed by atoms with Crippen LogP contribution in [0.3, 0.4) is 0 Å². The summed E-state index contributed by atoms with van der Waals surface area (Å²) in [7, 11) is 0. The third-order valence-corrected chi connectivity index (χ3v) is 5.03. The van der Waals surface area contributed by atoms with Crippen LogP contribution < -0.4 is 11.1 Å². The van der Waals surface area contributed by atoms with Gasteiger partial charge in [-0.2, -0.15) is 0 Å². The van der Waals surface area contributed by atoms with Crippen LogP contribution >= 0.6 is 0 Å². The minimum atomic E-state index is -0.462. The summed E-state index contributed by atoms with van der Waals surface area (Å²) in [5.41, 5.74) is 9.06. The molecule has 1 amide bonds. The maximum absolute atomic E-state index is 12.2. The lowest BCUT2D eigenvalue weighted by atomic mass is 9.80. The average molecular weight is 375 g/mol. The normalized spacial score (nSPS) is 17.6. The van der Waals surface area contributed by atoms with E-state index in [9.17, 15) is 4.79 Å². The van der Waals surface area contributed by atoms with E-state index >= 15 is 0 Å². The van der Waals surface area contributed by atoms with Crippen molar-refractivity contribution in [1.82, 2.24) is 4.90 Å². The molecule has 1 fully saturated rings. The van der Waals surface area contributed by atoms with Crippen molar-refractivity contribution in [2.75, 3.05) is 25.0 Å². The molecule has 0 bridgehead atoms. The van der Waals surface area contributed by atoms with Crippen LogP contribution in [0.1, 0.15) is 51.7 Å². The Morgan fingerprint density at radius 1 is 1.26 bits per heavy atom. The lowest BCUT2D eigenvalue weighted by molar-refractivity contribution is 0.0127. The van der Waals surface area contributed by atoms with Crippen molar-refractivity contribution in [3.8, 4) is 0 Å². The SMILES string of the molecule is Cc1ccc(NC(N)=NCC2(C)CCN(C(=O)OC(C)(C)C)CC2)cc1C. The summed E-state index contributed by atoms with van der Waals surface area (Å²) >= 11 is 0. The molecule has 1 aromatic rings. The summed E-state index contributed by atoms with van der Waals surface area (Å²) in [6.45, 7) is 14.0. The summed E-state index contributed by atoms with van der Waals surface area (Å²) in [5.74, 6) is 0.425. The van der Waals surface area contributed by atoms with Gasteiger partial charge in [0.15, 0.2) is 5.96 Å². The Kier molecular flexibility index (Phi) is 6.39. The number of guanidine groups is 1. The van der Waals surface area contributed by atoms with Crippen LogP contribution in [0, 0.1) is 19.3 Å². The van der Waals surface area contributed by atoms with Gasteiger partial charge in [-0.1, -0.05) is 13.0 Å². The molecule has 1 aliphatic rings. The average Bonchev–Trinajstić information content (AvgIpc) is 2.55. The molecule has 3 N–H and O–H groups in total. The number of piperidine rings is 1. The standard InChI is InChI=1S/C21H34N4O2/c1-15-7-8-17(13-16(15)2)24-18(22)23-14-21(6)9-11-25(12-10-21)19(26)27-20(3,4)5/h7-8,13H,9-12,14H2,1-6H3,(H3,22,23,24). The number of benzene rings is 1. The minimum Gasteiger partial charge on any atom is -0.444 e. The number of aryl methyl sites for hydroxylation is 2. The number of hydrogen-bond donors (Lipinski definition) is 2. The van der Waals surface area contributed by atoms with E-state index in [0.29, 0.717) is 25.6 Å². The molecular weight excluding hydrogens is 340 g/mol. The molecule has 1 aliphatic heterocycles. The fourth-order valence-electron chi connectivity index (χ4n) is 3.00. The van der Waals surface area contributed by atoms with Crippen molar-refractivity contribution >= 4 is 17.7 Å². The van der Waals surface area contributed by atoms with Crippen LogP contribution in [0.25, 0.3) is 0 Å². The van der Waals surface area contributed by atoms with Gasteiger partial charge in [-0.15, -0.1) is 0 Å². The van der Waals surface area contributed by atoms with E-state index in [0.717, 1.165) is 18.5 Å². The first-order chi connectivity index (χ1) is 12.5. The van der Waals surface area contributed by atoms with Gasteiger partial charge in [0.1, 0.15) is 5.60 Å². The van der Waals surface area contributed by atoms with Crippen LogP contribution in [0.2, 0.25) is 0 Å². The van der Waals surface area contributed by atoms with Gasteiger partial charge in [0, 0.05) is 25.3 Å². The summed E-state index contributed by atoms with van der Waals surface area (Å²) in [6.07, 6.45) is 1.53. The van der Waals surface area contributed by atoms with Crippen LogP contribution in [0.5, 0.6) is 0 Å². The Morgan fingerprint density at radius 2 is 1.89 bits per heavy atom. The molecule has 0 radical (unpaired) electrons. The van der Waals surface area contributed by atoms with E-state index in [2.05, 4.69) is 43.2 Å². The zero-order valence-corrected chi connectivity index (χ0v) is 17.6. The van der Waals surface area contributed by atoms with E-state index in [1.165, 1.54) is 11.1 Å².